The van der Waals surface area contributed by atoms with E-state index in [-0.39, 0.29) is 35.0 Å². The van der Waals surface area contributed by atoms with Gasteiger partial charge in [-0.05, 0) is 65.8 Å². The molecule has 0 bridgehead atoms. The van der Waals surface area contributed by atoms with Crippen molar-refractivity contribution in [3.05, 3.63) is 89.6 Å². The van der Waals surface area contributed by atoms with Gasteiger partial charge in [-0.25, -0.2) is 18.4 Å². The van der Waals surface area contributed by atoms with E-state index in [0.29, 0.717) is 24.9 Å². The average Bonchev–Trinajstić information content (AvgIpc) is 2.94. The van der Waals surface area contributed by atoms with Gasteiger partial charge in [0.05, 0.1) is 16.2 Å². The Morgan fingerprint density at radius 1 is 1.15 bits per heavy atom. The lowest BCUT2D eigenvalue weighted by molar-refractivity contribution is -0.141. The summed E-state index contributed by atoms with van der Waals surface area (Å²) in [6.45, 7) is 10.3. The fourth-order valence-electron chi connectivity index (χ4n) is 5.30. The van der Waals surface area contributed by atoms with Crippen LogP contribution in [0.3, 0.4) is 0 Å². The van der Waals surface area contributed by atoms with E-state index < -0.39 is 27.2 Å². The summed E-state index contributed by atoms with van der Waals surface area (Å²) in [6, 6.07) is 12.6. The molecule has 4 rings (SSSR count). The minimum atomic E-state index is -4.59. The maximum absolute atomic E-state index is 13.4. The Hall–Kier alpha value is -3.47. The summed E-state index contributed by atoms with van der Waals surface area (Å²) < 4.78 is 64.2. The molecule has 213 valence electrons. The summed E-state index contributed by atoms with van der Waals surface area (Å²) in [7, 11) is -3.30. The second kappa shape index (κ2) is 11.2. The SMILES string of the molecule is [CH2]CC1(C(C)C)c2ccc(C(=O)NCc3ccc(S(=O)(=O)CC)cc3)cc2CCN1c1nccc(C(F)(F)F)n1. The first-order valence-electron chi connectivity index (χ1n) is 13.0. The second-order valence-electron chi connectivity index (χ2n) is 10.1. The summed E-state index contributed by atoms with van der Waals surface area (Å²) >= 11 is 0. The number of nitrogens with one attached hydrogen (secondary N) is 1. The molecule has 2 aromatic carbocycles. The van der Waals surface area contributed by atoms with Crippen LogP contribution >= 0.6 is 0 Å². The third-order valence-electron chi connectivity index (χ3n) is 7.55. The highest BCUT2D eigenvalue weighted by molar-refractivity contribution is 7.91. The molecule has 1 unspecified atom stereocenters. The molecule has 0 aliphatic carbocycles. The number of benzene rings is 2. The van der Waals surface area contributed by atoms with E-state index in [1.54, 1.807) is 25.1 Å². The van der Waals surface area contributed by atoms with Crippen LogP contribution in [0, 0.1) is 12.8 Å². The quantitative estimate of drug-likeness (QED) is 0.390. The molecule has 11 heteroatoms. The van der Waals surface area contributed by atoms with Crippen LogP contribution < -0.4 is 10.2 Å². The molecule has 1 aromatic heterocycles. The minimum Gasteiger partial charge on any atom is -0.348 e. The molecule has 3 aromatic rings. The zero-order chi connectivity index (χ0) is 29.3. The van der Waals surface area contributed by atoms with Crippen LogP contribution in [0.15, 0.2) is 59.6 Å². The number of anilines is 1. The van der Waals surface area contributed by atoms with Gasteiger partial charge in [0, 0.05) is 24.8 Å². The van der Waals surface area contributed by atoms with Gasteiger partial charge in [-0.2, -0.15) is 13.2 Å². The number of hydrogen-bond acceptors (Lipinski definition) is 6. The van der Waals surface area contributed by atoms with Crippen molar-refractivity contribution in [1.82, 2.24) is 15.3 Å². The molecule has 40 heavy (non-hydrogen) atoms. The Morgan fingerprint density at radius 2 is 1.85 bits per heavy atom. The van der Waals surface area contributed by atoms with Crippen molar-refractivity contribution in [2.24, 2.45) is 5.92 Å². The van der Waals surface area contributed by atoms with E-state index in [9.17, 15) is 26.4 Å². The Morgan fingerprint density at radius 3 is 2.45 bits per heavy atom. The number of rotatable bonds is 8. The van der Waals surface area contributed by atoms with Crippen LogP contribution in [-0.2, 0) is 34.5 Å². The summed E-state index contributed by atoms with van der Waals surface area (Å²) in [6.07, 6.45) is -2.63. The minimum absolute atomic E-state index is 0.00241. The van der Waals surface area contributed by atoms with E-state index in [0.717, 1.165) is 29.0 Å². The Labute approximate surface area is 232 Å². The van der Waals surface area contributed by atoms with Crippen LogP contribution in [0.2, 0.25) is 0 Å². The van der Waals surface area contributed by atoms with E-state index in [1.165, 1.54) is 12.1 Å². The number of nitrogens with zero attached hydrogens (tertiary/aromatic N) is 3. The lowest BCUT2D eigenvalue weighted by Gasteiger charge is -2.51. The molecule has 0 saturated heterocycles. The van der Waals surface area contributed by atoms with Gasteiger partial charge in [0.2, 0.25) is 5.95 Å². The van der Waals surface area contributed by atoms with Crippen molar-refractivity contribution in [2.45, 2.75) is 56.8 Å². The highest BCUT2D eigenvalue weighted by Crippen LogP contribution is 2.45. The third kappa shape index (κ3) is 5.56. The molecule has 1 aliphatic rings. The standard InChI is InChI=1S/C29H32F3N4O3S/c1-5-28(19(3)4)24-12-9-22(26(37)34-18-20-7-10-23(11-8-20)40(38,39)6-2)17-21(24)14-16-36(28)27-33-15-13-25(35-27)29(30,31)32/h7-13,15,17,19H,1,5-6,14,16,18H2,2-4H3,(H,34,37). The van der Waals surface area contributed by atoms with Gasteiger partial charge in [-0.1, -0.05) is 45.9 Å². The highest BCUT2D eigenvalue weighted by Gasteiger charge is 2.46. The Bertz CT molecular complexity index is 1490. The molecule has 1 radical (unpaired) electrons. The van der Waals surface area contributed by atoms with Gasteiger partial charge in [0.25, 0.3) is 5.91 Å². The van der Waals surface area contributed by atoms with Crippen LogP contribution in [-0.4, -0.2) is 36.6 Å². The second-order valence-corrected chi connectivity index (χ2v) is 12.4. The topological polar surface area (TPSA) is 92.3 Å². The van der Waals surface area contributed by atoms with Gasteiger partial charge in [0.1, 0.15) is 5.69 Å². The van der Waals surface area contributed by atoms with Crippen LogP contribution in [0.4, 0.5) is 19.1 Å². The summed E-state index contributed by atoms with van der Waals surface area (Å²) in [4.78, 5) is 23.1. The van der Waals surface area contributed by atoms with Gasteiger partial charge < -0.3 is 10.2 Å². The van der Waals surface area contributed by atoms with Crippen LogP contribution in [0.1, 0.15) is 59.9 Å². The number of amides is 1. The number of carbonyl (C=O) groups excluding carboxylic acids is 1. The van der Waals surface area contributed by atoms with Gasteiger partial charge in [-0.3, -0.25) is 4.79 Å². The van der Waals surface area contributed by atoms with Crippen molar-refractivity contribution >= 4 is 21.7 Å². The number of aromatic nitrogens is 2. The van der Waals surface area contributed by atoms with Gasteiger partial charge >= 0.3 is 6.18 Å². The van der Waals surface area contributed by atoms with Crippen LogP contribution in [0.25, 0.3) is 0 Å². The van der Waals surface area contributed by atoms with Crippen molar-refractivity contribution in [3.8, 4) is 0 Å². The molecule has 2 heterocycles. The third-order valence-corrected chi connectivity index (χ3v) is 9.30. The van der Waals surface area contributed by atoms with E-state index >= 15 is 0 Å². The van der Waals surface area contributed by atoms with Gasteiger partial charge in [0.15, 0.2) is 9.84 Å². The number of hydrogen-bond donors (Lipinski definition) is 1. The number of halogens is 3. The lowest BCUT2D eigenvalue weighted by atomic mass is 9.71. The molecule has 7 nitrogen and oxygen atoms in total. The van der Waals surface area contributed by atoms with Gasteiger partial charge in [-0.15, -0.1) is 0 Å². The zero-order valence-corrected chi connectivity index (χ0v) is 23.4. The lowest BCUT2D eigenvalue weighted by Crippen LogP contribution is -2.54. The number of sulfone groups is 1. The largest absolute Gasteiger partial charge is 0.433 e. The summed E-state index contributed by atoms with van der Waals surface area (Å²) in [5.74, 6) is -0.335. The predicted octanol–water partition coefficient (Wildman–Crippen LogP) is 5.36. The first-order chi connectivity index (χ1) is 18.8. The van der Waals surface area contributed by atoms with Crippen LogP contribution in [0.5, 0.6) is 0 Å². The fourth-order valence-corrected chi connectivity index (χ4v) is 6.19. The smallest absolute Gasteiger partial charge is 0.348 e. The van der Waals surface area contributed by atoms with Crippen molar-refractivity contribution < 1.29 is 26.4 Å². The summed E-state index contributed by atoms with van der Waals surface area (Å²) in [5, 5.41) is 2.87. The number of carbonyl (C=O) groups is 1. The van der Waals surface area contributed by atoms with E-state index in [4.69, 9.17) is 0 Å². The van der Waals surface area contributed by atoms with Crippen molar-refractivity contribution in [1.29, 1.82) is 0 Å². The van der Waals surface area contributed by atoms with Crippen molar-refractivity contribution in [3.63, 3.8) is 0 Å². The summed E-state index contributed by atoms with van der Waals surface area (Å²) in [5.41, 5.74) is 1.24. The Balaban J connectivity index is 1.59. The van der Waals surface area contributed by atoms with Crippen molar-refractivity contribution in [2.75, 3.05) is 17.2 Å². The normalized spacial score (nSPS) is 17.6. The number of fused-ring (bicyclic) bond motifs is 1. The fraction of sp³-hybridized carbons (Fsp3) is 0.379. The molecule has 1 aliphatic heterocycles. The first kappa shape index (κ1) is 29.5. The molecule has 0 spiro atoms. The predicted molar refractivity (Wildman–Crippen MR) is 146 cm³/mol. The molecule has 0 fully saturated rings. The average molecular weight is 574 g/mol. The first-order valence-corrected chi connectivity index (χ1v) is 14.7. The highest BCUT2D eigenvalue weighted by atomic mass is 32.2. The zero-order valence-electron chi connectivity index (χ0n) is 22.6. The van der Waals surface area contributed by atoms with E-state index in [1.807, 2.05) is 30.9 Å². The molecule has 1 N–H and O–H groups in total. The molecule has 1 amide bonds. The molecular weight excluding hydrogens is 541 g/mol. The van der Waals surface area contributed by atoms with E-state index in [2.05, 4.69) is 22.2 Å². The Kier molecular flexibility index (Phi) is 8.26. The maximum atomic E-state index is 13.4. The number of alkyl halides is 3. The monoisotopic (exact) mass is 573 g/mol. The molecular formula is C29H32F3N4O3S. The maximum Gasteiger partial charge on any atom is 0.433 e. The molecule has 1 atom stereocenters. The molecule has 0 saturated carbocycles.